The molecule has 0 aliphatic rings. The summed E-state index contributed by atoms with van der Waals surface area (Å²) >= 11 is 1.54. The summed E-state index contributed by atoms with van der Waals surface area (Å²) < 4.78 is 1.08. The molecule has 2 aromatic heterocycles. The number of hydrogen-bond donors (Lipinski definition) is 0. The third-order valence-corrected chi connectivity index (χ3v) is 6.11. The number of aromatic nitrogens is 2. The fraction of sp³-hybridized carbons (Fsp3) is 0.0800. The van der Waals surface area contributed by atoms with Crippen LogP contribution >= 0.6 is 11.3 Å². The molecule has 2 heterocycles. The average Bonchev–Trinajstić information content (AvgIpc) is 3.20. The Balaban J connectivity index is 1.59. The number of aryl methyl sites for hydroxylation is 1. The van der Waals surface area contributed by atoms with Crippen LogP contribution in [0.5, 0.6) is 0 Å². The van der Waals surface area contributed by atoms with Crippen molar-refractivity contribution < 1.29 is 4.79 Å². The van der Waals surface area contributed by atoms with Crippen molar-refractivity contribution in [2.24, 2.45) is 0 Å². The number of fused-ring (bicyclic) bond motifs is 2. The summed E-state index contributed by atoms with van der Waals surface area (Å²) in [6, 6.07) is 23.9. The van der Waals surface area contributed by atoms with E-state index in [1.54, 1.807) is 17.3 Å². The van der Waals surface area contributed by atoms with Crippen LogP contribution in [0.2, 0.25) is 0 Å². The first-order valence-corrected chi connectivity index (χ1v) is 10.6. The van der Waals surface area contributed by atoms with Crippen LogP contribution < -0.4 is 4.90 Å². The van der Waals surface area contributed by atoms with Gasteiger partial charge in [-0.2, -0.15) is 0 Å². The lowest BCUT2D eigenvalue weighted by atomic mass is 10.1. The third kappa shape index (κ3) is 3.55. The van der Waals surface area contributed by atoms with E-state index in [1.165, 1.54) is 16.9 Å². The van der Waals surface area contributed by atoms with Crippen molar-refractivity contribution in [1.29, 1.82) is 0 Å². The highest BCUT2D eigenvalue weighted by Gasteiger charge is 2.22. The van der Waals surface area contributed by atoms with Gasteiger partial charge in [-0.15, -0.1) is 0 Å². The Morgan fingerprint density at radius 3 is 2.67 bits per heavy atom. The van der Waals surface area contributed by atoms with Crippen molar-refractivity contribution in [2.75, 3.05) is 4.90 Å². The zero-order valence-electron chi connectivity index (χ0n) is 16.4. The second-order valence-electron chi connectivity index (χ2n) is 7.28. The van der Waals surface area contributed by atoms with E-state index in [2.05, 4.69) is 18.0 Å². The van der Waals surface area contributed by atoms with Crippen molar-refractivity contribution in [3.63, 3.8) is 0 Å². The summed E-state index contributed by atoms with van der Waals surface area (Å²) in [7, 11) is 0. The molecule has 0 atom stereocenters. The van der Waals surface area contributed by atoms with Gasteiger partial charge in [-0.1, -0.05) is 53.8 Å². The molecule has 0 bridgehead atoms. The van der Waals surface area contributed by atoms with Crippen molar-refractivity contribution >= 4 is 43.4 Å². The number of carbonyl (C=O) groups excluding carboxylic acids is 1. The van der Waals surface area contributed by atoms with Crippen molar-refractivity contribution in [3.05, 3.63) is 102 Å². The maximum Gasteiger partial charge on any atom is 0.260 e. The topological polar surface area (TPSA) is 46.1 Å². The van der Waals surface area contributed by atoms with Crippen molar-refractivity contribution in [3.8, 4) is 0 Å². The molecular weight excluding hydrogens is 390 g/mol. The maximum atomic E-state index is 13.6. The normalized spacial score (nSPS) is 11.1. The zero-order chi connectivity index (χ0) is 20.5. The quantitative estimate of drug-likeness (QED) is 0.366. The van der Waals surface area contributed by atoms with E-state index in [-0.39, 0.29) is 5.91 Å². The molecule has 0 saturated carbocycles. The van der Waals surface area contributed by atoms with Gasteiger partial charge in [-0.25, -0.2) is 4.98 Å². The summed E-state index contributed by atoms with van der Waals surface area (Å²) in [5.74, 6) is -0.0691. The molecule has 0 fully saturated rings. The van der Waals surface area contributed by atoms with Crippen LogP contribution in [0.1, 0.15) is 21.5 Å². The van der Waals surface area contributed by atoms with E-state index in [0.717, 1.165) is 26.6 Å². The Bertz CT molecular complexity index is 1360. The molecule has 5 rings (SSSR count). The number of amides is 1. The Morgan fingerprint density at radius 2 is 1.83 bits per heavy atom. The lowest BCUT2D eigenvalue weighted by molar-refractivity contribution is 0.0985. The molecule has 0 N–H and O–H groups in total. The molecule has 5 aromatic rings. The minimum absolute atomic E-state index is 0.0691. The monoisotopic (exact) mass is 409 g/mol. The highest BCUT2D eigenvalue weighted by molar-refractivity contribution is 7.22. The Kier molecular flexibility index (Phi) is 4.73. The fourth-order valence-corrected chi connectivity index (χ4v) is 4.58. The number of nitrogens with zero attached hydrogens (tertiary/aromatic N) is 3. The molecule has 0 aliphatic carbocycles. The predicted octanol–water partition coefficient (Wildman–Crippen LogP) is 6.00. The maximum absolute atomic E-state index is 13.6. The van der Waals surface area contributed by atoms with Gasteiger partial charge in [-0.3, -0.25) is 14.7 Å². The van der Waals surface area contributed by atoms with E-state index in [1.807, 2.05) is 66.7 Å². The van der Waals surface area contributed by atoms with Gasteiger partial charge < -0.3 is 0 Å². The molecule has 3 aromatic carbocycles. The van der Waals surface area contributed by atoms with E-state index < -0.39 is 0 Å². The van der Waals surface area contributed by atoms with Crippen molar-refractivity contribution in [2.45, 2.75) is 13.5 Å². The zero-order valence-corrected chi connectivity index (χ0v) is 17.3. The molecule has 5 heteroatoms. The first kappa shape index (κ1) is 18.5. The van der Waals surface area contributed by atoms with Gasteiger partial charge in [0.05, 0.1) is 16.8 Å². The largest absolute Gasteiger partial charge is 0.279 e. The number of pyridine rings is 1. The first-order chi connectivity index (χ1) is 14.7. The molecule has 30 heavy (non-hydrogen) atoms. The smallest absolute Gasteiger partial charge is 0.260 e. The third-order valence-electron chi connectivity index (χ3n) is 5.07. The van der Waals surface area contributed by atoms with Crippen LogP contribution in [-0.4, -0.2) is 15.9 Å². The highest BCUT2D eigenvalue weighted by atomic mass is 32.1. The van der Waals surface area contributed by atoms with E-state index >= 15 is 0 Å². The molecule has 0 radical (unpaired) electrons. The number of benzene rings is 3. The second kappa shape index (κ2) is 7.69. The van der Waals surface area contributed by atoms with E-state index in [9.17, 15) is 4.79 Å². The SMILES string of the molecule is Cc1ccc2nc(N(Cc3cccnc3)C(=O)c3ccc4ccccc4c3)sc2c1. The van der Waals surface area contributed by atoms with Gasteiger partial charge in [-0.05, 0) is 59.2 Å². The van der Waals surface area contributed by atoms with E-state index in [4.69, 9.17) is 4.98 Å². The molecule has 0 saturated heterocycles. The number of carbonyl (C=O) groups is 1. The lowest BCUT2D eigenvalue weighted by Gasteiger charge is -2.20. The average molecular weight is 410 g/mol. The number of hydrogen-bond acceptors (Lipinski definition) is 4. The van der Waals surface area contributed by atoms with Crippen LogP contribution in [0, 0.1) is 6.92 Å². The minimum atomic E-state index is -0.0691. The summed E-state index contributed by atoms with van der Waals surface area (Å²) in [6.45, 7) is 2.48. The molecule has 0 aliphatic heterocycles. The summed E-state index contributed by atoms with van der Waals surface area (Å²) in [5.41, 5.74) is 3.69. The standard InChI is InChI=1S/C25H19N3OS/c1-17-8-11-22-23(13-17)30-25(27-22)28(16-18-5-4-12-26-15-18)24(29)21-10-9-19-6-2-3-7-20(19)14-21/h2-15H,16H2,1H3. The molecule has 0 spiro atoms. The van der Waals surface area contributed by atoms with Gasteiger partial charge in [0.25, 0.3) is 5.91 Å². The Hall–Kier alpha value is -3.57. The molecule has 4 nitrogen and oxygen atoms in total. The van der Waals surface area contributed by atoms with Crippen LogP contribution in [0.25, 0.3) is 21.0 Å². The van der Waals surface area contributed by atoms with Gasteiger partial charge in [0.2, 0.25) is 0 Å². The minimum Gasteiger partial charge on any atom is -0.279 e. The Morgan fingerprint density at radius 1 is 0.967 bits per heavy atom. The summed E-state index contributed by atoms with van der Waals surface area (Å²) in [4.78, 5) is 24.3. The molecular formula is C25H19N3OS. The molecule has 146 valence electrons. The van der Waals surface area contributed by atoms with Gasteiger partial charge >= 0.3 is 0 Å². The van der Waals surface area contributed by atoms with Crippen molar-refractivity contribution in [1.82, 2.24) is 9.97 Å². The Labute approximate surface area is 178 Å². The van der Waals surface area contributed by atoms with Crippen LogP contribution in [-0.2, 0) is 6.54 Å². The first-order valence-electron chi connectivity index (χ1n) is 9.74. The number of rotatable bonds is 4. The second-order valence-corrected chi connectivity index (χ2v) is 8.29. The number of thiazole rings is 1. The number of anilines is 1. The summed E-state index contributed by atoms with van der Waals surface area (Å²) in [5, 5.41) is 2.85. The van der Waals surface area contributed by atoms with Gasteiger partial charge in [0.15, 0.2) is 5.13 Å². The van der Waals surface area contributed by atoms with Gasteiger partial charge in [0, 0.05) is 18.0 Å². The van der Waals surface area contributed by atoms with Crippen LogP contribution in [0.4, 0.5) is 5.13 Å². The molecule has 1 amide bonds. The van der Waals surface area contributed by atoms with Crippen LogP contribution in [0.15, 0.2) is 85.2 Å². The fourth-order valence-electron chi connectivity index (χ4n) is 3.51. The highest BCUT2D eigenvalue weighted by Crippen LogP contribution is 2.31. The summed E-state index contributed by atoms with van der Waals surface area (Å²) in [6.07, 6.45) is 3.53. The van der Waals surface area contributed by atoms with E-state index in [0.29, 0.717) is 17.2 Å². The lowest BCUT2D eigenvalue weighted by Crippen LogP contribution is -2.30. The van der Waals surface area contributed by atoms with Crippen LogP contribution in [0.3, 0.4) is 0 Å². The molecule has 0 unspecified atom stereocenters. The predicted molar refractivity (Wildman–Crippen MR) is 123 cm³/mol. The van der Waals surface area contributed by atoms with Gasteiger partial charge in [0.1, 0.15) is 0 Å².